The highest BCUT2D eigenvalue weighted by Crippen LogP contribution is 2.21. The van der Waals surface area contributed by atoms with Crippen molar-refractivity contribution in [1.29, 1.82) is 5.41 Å². The summed E-state index contributed by atoms with van der Waals surface area (Å²) in [6, 6.07) is 15.1. The maximum atomic E-state index is 10.7. The summed E-state index contributed by atoms with van der Waals surface area (Å²) in [4.78, 5) is 13.1. The largest absolute Gasteiger partial charge is 0.490 e. The summed E-state index contributed by atoms with van der Waals surface area (Å²) >= 11 is 0. The van der Waals surface area contributed by atoms with Crippen LogP contribution < -0.4 is 9.47 Å². The van der Waals surface area contributed by atoms with Gasteiger partial charge in [0.25, 0.3) is 0 Å². The molecule has 0 saturated carbocycles. The molecule has 29 heavy (non-hydrogen) atoms. The van der Waals surface area contributed by atoms with Gasteiger partial charge in [0.05, 0.1) is 6.42 Å². The van der Waals surface area contributed by atoms with Crippen LogP contribution in [0.4, 0.5) is 0 Å². The van der Waals surface area contributed by atoms with E-state index in [9.17, 15) is 4.79 Å². The number of piperidine rings is 1. The van der Waals surface area contributed by atoms with E-state index >= 15 is 0 Å². The Bertz CT molecular complexity index is 761. The van der Waals surface area contributed by atoms with Gasteiger partial charge in [-0.1, -0.05) is 24.3 Å². The third kappa shape index (κ3) is 7.93. The molecule has 1 heterocycles. The number of carbonyl (C=O) groups is 1. The van der Waals surface area contributed by atoms with Gasteiger partial charge in [-0.3, -0.25) is 15.1 Å². The lowest BCUT2D eigenvalue weighted by Crippen LogP contribution is -2.37. The van der Waals surface area contributed by atoms with Crippen molar-refractivity contribution in [2.45, 2.75) is 31.9 Å². The highest BCUT2D eigenvalue weighted by atomic mass is 35.5. The number of rotatable bonds is 8. The molecular formula is C21H26Cl2N2O4. The zero-order valence-electron chi connectivity index (χ0n) is 16.0. The van der Waals surface area contributed by atoms with Gasteiger partial charge in [-0.15, -0.1) is 24.8 Å². The standard InChI is InChI=1S/C21H24N2O4.2ClH/c22-15-26-18-5-3-17(4-6-18)14-23-11-9-20(10-12-23)27-19-7-1-16(2-8-19)13-21(24)25;;/h1-8,15,20,22H,9-14H2,(H,24,25);2*1H. The molecular weight excluding hydrogens is 415 g/mol. The number of nitrogens with one attached hydrogen (secondary N) is 1. The molecule has 0 unspecified atom stereocenters. The summed E-state index contributed by atoms with van der Waals surface area (Å²) in [5.74, 6) is 0.646. The van der Waals surface area contributed by atoms with Crippen LogP contribution in [0.3, 0.4) is 0 Å². The molecule has 0 bridgehead atoms. The number of halogens is 2. The summed E-state index contributed by atoms with van der Waals surface area (Å²) in [6.45, 7) is 2.84. The van der Waals surface area contributed by atoms with E-state index in [1.54, 1.807) is 0 Å². The van der Waals surface area contributed by atoms with E-state index in [-0.39, 0.29) is 37.3 Å². The highest BCUT2D eigenvalue weighted by Gasteiger charge is 2.20. The molecule has 2 aromatic rings. The van der Waals surface area contributed by atoms with Crippen molar-refractivity contribution in [2.75, 3.05) is 13.1 Å². The van der Waals surface area contributed by atoms with Gasteiger partial charge < -0.3 is 14.6 Å². The minimum atomic E-state index is -0.826. The third-order valence-corrected chi connectivity index (χ3v) is 4.64. The molecule has 1 aliphatic heterocycles. The number of aliphatic carboxylic acids is 1. The number of nitrogens with zero attached hydrogens (tertiary/aromatic N) is 1. The molecule has 2 N–H and O–H groups in total. The quantitative estimate of drug-likeness (QED) is 0.474. The van der Waals surface area contributed by atoms with E-state index in [1.165, 1.54) is 5.56 Å². The summed E-state index contributed by atoms with van der Waals surface area (Å²) in [7, 11) is 0. The second-order valence-corrected chi connectivity index (χ2v) is 6.69. The maximum Gasteiger partial charge on any atom is 0.307 e. The van der Waals surface area contributed by atoms with Crippen molar-refractivity contribution in [2.24, 2.45) is 0 Å². The van der Waals surface area contributed by atoms with Gasteiger partial charge in [-0.2, -0.15) is 0 Å². The Hall–Kier alpha value is -2.28. The SMILES string of the molecule is Cl.Cl.N=COc1ccc(CN2CCC(Oc3ccc(CC(=O)O)cc3)CC2)cc1. The van der Waals surface area contributed by atoms with Crippen molar-refractivity contribution >= 4 is 37.2 Å². The minimum absolute atomic E-state index is 0. The first-order valence-electron chi connectivity index (χ1n) is 9.06. The third-order valence-electron chi connectivity index (χ3n) is 4.64. The van der Waals surface area contributed by atoms with Crippen molar-refractivity contribution in [3.05, 3.63) is 59.7 Å². The molecule has 0 aromatic heterocycles. The highest BCUT2D eigenvalue weighted by molar-refractivity contribution is 5.85. The van der Waals surface area contributed by atoms with Gasteiger partial charge in [0, 0.05) is 19.6 Å². The molecule has 0 amide bonds. The van der Waals surface area contributed by atoms with Crippen molar-refractivity contribution in [3.8, 4) is 11.5 Å². The molecule has 0 spiro atoms. The predicted octanol–water partition coefficient (Wildman–Crippen LogP) is 4.19. The van der Waals surface area contributed by atoms with E-state index in [1.807, 2.05) is 48.5 Å². The van der Waals surface area contributed by atoms with Gasteiger partial charge in [-0.05, 0) is 48.2 Å². The number of hydrogen-bond donors (Lipinski definition) is 2. The van der Waals surface area contributed by atoms with Crippen LogP contribution in [0.1, 0.15) is 24.0 Å². The second kappa shape index (κ2) is 12.3. The fourth-order valence-electron chi connectivity index (χ4n) is 3.24. The molecule has 1 aliphatic rings. The van der Waals surface area contributed by atoms with Gasteiger partial charge in [0.15, 0.2) is 6.40 Å². The van der Waals surface area contributed by atoms with E-state index in [0.29, 0.717) is 5.75 Å². The minimum Gasteiger partial charge on any atom is -0.490 e. The molecule has 2 aromatic carbocycles. The lowest BCUT2D eigenvalue weighted by atomic mass is 10.1. The summed E-state index contributed by atoms with van der Waals surface area (Å²) in [5.41, 5.74) is 2.00. The van der Waals surface area contributed by atoms with Crippen LogP contribution in [0.2, 0.25) is 0 Å². The van der Waals surface area contributed by atoms with E-state index in [2.05, 4.69) is 4.90 Å². The van der Waals surface area contributed by atoms with Crippen LogP contribution >= 0.6 is 24.8 Å². The summed E-state index contributed by atoms with van der Waals surface area (Å²) in [6.07, 6.45) is 3.08. The molecule has 6 nitrogen and oxygen atoms in total. The second-order valence-electron chi connectivity index (χ2n) is 6.69. The normalized spacial score (nSPS) is 14.2. The van der Waals surface area contributed by atoms with Crippen LogP contribution in [0.25, 0.3) is 0 Å². The van der Waals surface area contributed by atoms with Crippen molar-refractivity contribution in [3.63, 3.8) is 0 Å². The molecule has 3 rings (SSSR count). The Kier molecular flexibility index (Phi) is 10.5. The predicted molar refractivity (Wildman–Crippen MR) is 117 cm³/mol. The number of likely N-dealkylation sites (tertiary alicyclic amines) is 1. The van der Waals surface area contributed by atoms with Crippen LogP contribution in [-0.2, 0) is 17.8 Å². The van der Waals surface area contributed by atoms with Crippen molar-refractivity contribution < 1.29 is 19.4 Å². The number of hydrogen-bond acceptors (Lipinski definition) is 5. The van der Waals surface area contributed by atoms with Crippen LogP contribution in [-0.4, -0.2) is 41.6 Å². The first kappa shape index (κ1) is 24.8. The Morgan fingerprint density at radius 2 is 1.55 bits per heavy atom. The lowest BCUT2D eigenvalue weighted by molar-refractivity contribution is -0.136. The molecule has 158 valence electrons. The van der Waals surface area contributed by atoms with Gasteiger partial charge in [-0.25, -0.2) is 0 Å². The smallest absolute Gasteiger partial charge is 0.307 e. The lowest BCUT2D eigenvalue weighted by Gasteiger charge is -2.32. The van der Waals surface area contributed by atoms with E-state index in [0.717, 1.165) is 50.2 Å². The first-order chi connectivity index (χ1) is 13.1. The summed E-state index contributed by atoms with van der Waals surface area (Å²) < 4.78 is 11.1. The molecule has 8 heteroatoms. The van der Waals surface area contributed by atoms with Gasteiger partial charge in [0.1, 0.15) is 17.6 Å². The zero-order valence-corrected chi connectivity index (χ0v) is 17.6. The van der Waals surface area contributed by atoms with Crippen LogP contribution in [0, 0.1) is 5.41 Å². The molecule has 1 saturated heterocycles. The Morgan fingerprint density at radius 3 is 2.10 bits per heavy atom. The average Bonchev–Trinajstić information content (AvgIpc) is 2.66. The van der Waals surface area contributed by atoms with Gasteiger partial charge >= 0.3 is 5.97 Å². The average molecular weight is 441 g/mol. The van der Waals surface area contributed by atoms with Gasteiger partial charge in [0.2, 0.25) is 0 Å². The zero-order chi connectivity index (χ0) is 19.1. The maximum absolute atomic E-state index is 10.7. The Balaban J connectivity index is 0.00000210. The first-order valence-corrected chi connectivity index (χ1v) is 9.06. The number of benzene rings is 2. The monoisotopic (exact) mass is 440 g/mol. The van der Waals surface area contributed by atoms with Crippen LogP contribution in [0.5, 0.6) is 11.5 Å². The Morgan fingerprint density at radius 1 is 1.00 bits per heavy atom. The van der Waals surface area contributed by atoms with E-state index < -0.39 is 5.97 Å². The van der Waals surface area contributed by atoms with Crippen LogP contribution in [0.15, 0.2) is 48.5 Å². The summed E-state index contributed by atoms with van der Waals surface area (Å²) in [5, 5.41) is 15.8. The topological polar surface area (TPSA) is 82.8 Å². The van der Waals surface area contributed by atoms with E-state index in [4.69, 9.17) is 20.0 Å². The number of carboxylic acid groups (broad SMARTS) is 1. The Labute approximate surface area is 183 Å². The number of carboxylic acids is 1. The fourth-order valence-corrected chi connectivity index (χ4v) is 3.24. The molecule has 0 radical (unpaired) electrons. The molecule has 0 aliphatic carbocycles. The molecule has 0 atom stereocenters. The molecule has 1 fully saturated rings. The fraction of sp³-hybridized carbons (Fsp3) is 0.333. The van der Waals surface area contributed by atoms with Crippen molar-refractivity contribution in [1.82, 2.24) is 4.90 Å². The number of ether oxygens (including phenoxy) is 2.